The van der Waals surface area contributed by atoms with E-state index < -0.39 is 11.7 Å². The zero-order valence-corrected chi connectivity index (χ0v) is 14.3. The van der Waals surface area contributed by atoms with Crippen molar-refractivity contribution in [2.45, 2.75) is 32.9 Å². The maximum absolute atomic E-state index is 12.8. The fourth-order valence-corrected chi connectivity index (χ4v) is 2.40. The third kappa shape index (κ3) is 6.35. The van der Waals surface area contributed by atoms with E-state index >= 15 is 0 Å². The topological polar surface area (TPSA) is 38.5 Å². The second-order valence-electron chi connectivity index (χ2n) is 5.01. The number of likely N-dealkylation sites (tertiary alicyclic amines) is 1. The second kappa shape index (κ2) is 9.08. The number of ether oxygens (including phenoxy) is 1. The number of hydrogen-bond acceptors (Lipinski definition) is 3. The molecule has 0 bridgehead atoms. The number of benzene rings is 1. The van der Waals surface area contributed by atoms with Gasteiger partial charge in [-0.25, -0.2) is 0 Å². The minimum absolute atomic E-state index is 0.0782. The van der Waals surface area contributed by atoms with Gasteiger partial charge in [-0.3, -0.25) is 4.90 Å². The first-order valence-corrected chi connectivity index (χ1v) is 8.14. The van der Waals surface area contributed by atoms with E-state index in [0.717, 1.165) is 38.1 Å². The molecule has 130 valence electrons. The Kier molecular flexibility index (Phi) is 7.78. The molecule has 0 aromatic heterocycles. The summed E-state index contributed by atoms with van der Waals surface area (Å²) in [5.74, 6) is 0.145. The summed E-state index contributed by atoms with van der Waals surface area (Å²) in [6.07, 6.45) is -2.13. The Hall–Kier alpha value is -1.34. The van der Waals surface area contributed by atoms with Gasteiger partial charge in [0.05, 0.1) is 5.56 Å². The quantitative estimate of drug-likeness (QED) is 0.821. The van der Waals surface area contributed by atoms with Crippen LogP contribution in [0, 0.1) is 0 Å². The van der Waals surface area contributed by atoms with Crippen LogP contribution in [0.1, 0.15) is 37.8 Å². The summed E-state index contributed by atoms with van der Waals surface area (Å²) in [5.41, 5.74) is 4.78. The molecule has 23 heavy (non-hydrogen) atoms. The van der Waals surface area contributed by atoms with E-state index in [1.165, 1.54) is 6.07 Å². The second-order valence-corrected chi connectivity index (χ2v) is 5.45. The Balaban J connectivity index is 0.00000127. The van der Waals surface area contributed by atoms with Gasteiger partial charge in [0.15, 0.2) is 0 Å². The van der Waals surface area contributed by atoms with Crippen molar-refractivity contribution in [2.24, 2.45) is 5.73 Å². The molecule has 0 amide bonds. The predicted molar refractivity (Wildman–Crippen MR) is 89.8 cm³/mol. The molecule has 1 heterocycles. The highest BCUT2D eigenvalue weighted by Gasteiger charge is 2.31. The first kappa shape index (κ1) is 19.7. The number of rotatable bonds is 5. The molecular formula is C16H23F3N2OS. The number of nitrogens with two attached hydrogens (primary N) is 1. The molecule has 1 aliphatic rings. The van der Waals surface area contributed by atoms with Crippen LogP contribution < -0.4 is 10.5 Å². The number of thiocarbonyl (C=S) groups is 1. The molecule has 2 rings (SSSR count). The van der Waals surface area contributed by atoms with Crippen molar-refractivity contribution in [3.05, 3.63) is 29.3 Å². The fourth-order valence-electron chi connectivity index (χ4n) is 2.29. The average Bonchev–Trinajstić information content (AvgIpc) is 3.01. The molecule has 3 nitrogen and oxygen atoms in total. The Bertz CT molecular complexity index is 515. The van der Waals surface area contributed by atoms with Gasteiger partial charge in [-0.1, -0.05) is 26.1 Å². The Morgan fingerprint density at radius 3 is 2.35 bits per heavy atom. The summed E-state index contributed by atoms with van der Waals surface area (Å²) in [4.78, 5) is 2.15. The number of hydrogen-bond donors (Lipinski definition) is 1. The molecule has 0 atom stereocenters. The fraction of sp³-hybridized carbons (Fsp3) is 0.562. The van der Waals surface area contributed by atoms with Crippen molar-refractivity contribution in [3.8, 4) is 5.75 Å². The minimum atomic E-state index is -4.45. The Labute approximate surface area is 140 Å². The van der Waals surface area contributed by atoms with Crippen molar-refractivity contribution in [2.75, 3.05) is 26.2 Å². The minimum Gasteiger partial charge on any atom is -0.492 e. The summed E-state index contributed by atoms with van der Waals surface area (Å²) >= 11 is 4.75. The van der Waals surface area contributed by atoms with Gasteiger partial charge in [-0.05, 0) is 44.1 Å². The van der Waals surface area contributed by atoms with Crippen LogP contribution in [-0.4, -0.2) is 36.1 Å². The molecule has 1 aromatic rings. The van der Waals surface area contributed by atoms with Crippen LogP contribution in [0.2, 0.25) is 0 Å². The van der Waals surface area contributed by atoms with Crippen LogP contribution in [0.5, 0.6) is 5.75 Å². The number of halogens is 3. The van der Waals surface area contributed by atoms with Gasteiger partial charge in [0.2, 0.25) is 0 Å². The summed E-state index contributed by atoms with van der Waals surface area (Å²) < 4.78 is 43.9. The lowest BCUT2D eigenvalue weighted by Crippen LogP contribution is -2.25. The molecule has 7 heteroatoms. The molecule has 1 aliphatic heterocycles. The Morgan fingerprint density at radius 2 is 1.83 bits per heavy atom. The van der Waals surface area contributed by atoms with Crippen molar-refractivity contribution in [1.29, 1.82) is 0 Å². The zero-order chi connectivity index (χ0) is 17.5. The van der Waals surface area contributed by atoms with Crippen molar-refractivity contribution in [3.63, 3.8) is 0 Å². The monoisotopic (exact) mass is 348 g/mol. The average molecular weight is 348 g/mol. The highest BCUT2D eigenvalue weighted by molar-refractivity contribution is 7.80. The van der Waals surface area contributed by atoms with E-state index in [1.807, 2.05) is 13.8 Å². The summed E-state index contributed by atoms with van der Waals surface area (Å²) in [6, 6.07) is 3.36. The summed E-state index contributed by atoms with van der Waals surface area (Å²) in [5, 5.41) is 0. The van der Waals surface area contributed by atoms with Gasteiger partial charge >= 0.3 is 6.18 Å². The normalized spacial score (nSPS) is 15.0. The molecular weight excluding hydrogens is 325 g/mol. The maximum atomic E-state index is 12.8. The standard InChI is InChI=1S/C14H17F3N2OS.C2H6/c15-14(16,17)11-7-10(13(18)21)8-12(9-11)20-6-5-19-3-1-2-4-19;1-2/h7-9H,1-6H2,(H2,18,21);1-2H3. The van der Waals surface area contributed by atoms with Gasteiger partial charge in [0, 0.05) is 12.1 Å². The first-order chi connectivity index (χ1) is 10.9. The third-order valence-electron chi connectivity index (χ3n) is 3.39. The molecule has 1 fully saturated rings. The molecule has 0 radical (unpaired) electrons. The van der Waals surface area contributed by atoms with Gasteiger partial charge in [0.1, 0.15) is 17.3 Å². The molecule has 1 aromatic carbocycles. The molecule has 0 unspecified atom stereocenters. The van der Waals surface area contributed by atoms with E-state index in [1.54, 1.807) is 0 Å². The number of alkyl halides is 3. The Morgan fingerprint density at radius 1 is 1.22 bits per heavy atom. The lowest BCUT2D eigenvalue weighted by Gasteiger charge is -2.16. The van der Waals surface area contributed by atoms with E-state index in [9.17, 15) is 13.2 Å². The predicted octanol–water partition coefficient (Wildman–Crippen LogP) is 3.84. The van der Waals surface area contributed by atoms with Crippen LogP contribution in [0.4, 0.5) is 13.2 Å². The molecule has 0 aliphatic carbocycles. The highest BCUT2D eigenvalue weighted by atomic mass is 32.1. The lowest BCUT2D eigenvalue weighted by atomic mass is 10.1. The van der Waals surface area contributed by atoms with Crippen LogP contribution >= 0.6 is 12.2 Å². The van der Waals surface area contributed by atoms with Gasteiger partial charge in [-0.2, -0.15) is 13.2 Å². The van der Waals surface area contributed by atoms with E-state index in [4.69, 9.17) is 22.7 Å². The van der Waals surface area contributed by atoms with E-state index in [2.05, 4.69) is 4.90 Å². The SMILES string of the molecule is CC.NC(=S)c1cc(OCCN2CCCC2)cc(C(F)(F)F)c1. The highest BCUT2D eigenvalue weighted by Crippen LogP contribution is 2.32. The van der Waals surface area contributed by atoms with Crippen molar-refractivity contribution >= 4 is 17.2 Å². The zero-order valence-electron chi connectivity index (χ0n) is 13.4. The van der Waals surface area contributed by atoms with Gasteiger partial charge in [0.25, 0.3) is 0 Å². The molecule has 2 N–H and O–H groups in total. The van der Waals surface area contributed by atoms with Crippen LogP contribution in [0.3, 0.4) is 0 Å². The maximum Gasteiger partial charge on any atom is 0.416 e. The molecule has 0 spiro atoms. The van der Waals surface area contributed by atoms with Crippen LogP contribution in [-0.2, 0) is 6.18 Å². The summed E-state index contributed by atoms with van der Waals surface area (Å²) in [7, 11) is 0. The molecule has 1 saturated heterocycles. The van der Waals surface area contributed by atoms with Gasteiger partial charge in [-0.15, -0.1) is 0 Å². The van der Waals surface area contributed by atoms with Crippen molar-refractivity contribution in [1.82, 2.24) is 4.90 Å². The summed E-state index contributed by atoms with van der Waals surface area (Å²) in [6.45, 7) is 7.09. The van der Waals surface area contributed by atoms with E-state index in [0.29, 0.717) is 13.2 Å². The third-order valence-corrected chi connectivity index (χ3v) is 3.63. The van der Waals surface area contributed by atoms with Crippen LogP contribution in [0.15, 0.2) is 18.2 Å². The first-order valence-electron chi connectivity index (χ1n) is 7.73. The number of nitrogens with zero attached hydrogens (tertiary/aromatic N) is 1. The smallest absolute Gasteiger partial charge is 0.416 e. The van der Waals surface area contributed by atoms with Crippen molar-refractivity contribution < 1.29 is 17.9 Å². The largest absolute Gasteiger partial charge is 0.492 e. The molecule has 0 saturated carbocycles. The van der Waals surface area contributed by atoms with Gasteiger partial charge < -0.3 is 10.5 Å². The van der Waals surface area contributed by atoms with Crippen LogP contribution in [0.25, 0.3) is 0 Å². The van der Waals surface area contributed by atoms with E-state index in [-0.39, 0.29) is 16.3 Å². The lowest BCUT2D eigenvalue weighted by molar-refractivity contribution is -0.137.